The van der Waals surface area contributed by atoms with Crippen LogP contribution in [0.2, 0.25) is 0 Å². The summed E-state index contributed by atoms with van der Waals surface area (Å²) in [5.74, 6) is 0. The fourth-order valence-corrected chi connectivity index (χ4v) is 0.632. The average molecular weight is 260 g/mol. The van der Waals surface area contributed by atoms with Gasteiger partial charge in [0.2, 0.25) is 0 Å². The maximum atomic E-state index is 9.51. The van der Waals surface area contributed by atoms with Gasteiger partial charge in [0.05, 0.1) is 0 Å². The Bertz CT molecular complexity index is 260. The van der Waals surface area contributed by atoms with E-state index in [0.29, 0.717) is 0 Å². The molecule has 0 rings (SSSR count). The van der Waals surface area contributed by atoms with Gasteiger partial charge in [-0.2, -0.15) is 16.8 Å². The van der Waals surface area contributed by atoms with Crippen molar-refractivity contribution >= 4 is 20.8 Å². The molecule has 0 aromatic carbocycles. The molecule has 0 aromatic heterocycles. The van der Waals surface area contributed by atoms with Crippen LogP contribution in [0.5, 0.6) is 0 Å². The number of rotatable bonds is 3. The van der Waals surface area contributed by atoms with Crippen LogP contribution in [0.1, 0.15) is 2.85 Å². The molecule has 0 saturated heterocycles. The standard InChI is InChI=1S/2Na.H2O8S2.H2O.2H/c;;1-9(2,3)7-8-10(4,5)6;;;/h;;(H,1,2,3)(H,4,5,6);1H2;;/q2*+1;;;2*-1. The Hall–Kier alpha value is 1.70. The van der Waals surface area contributed by atoms with E-state index in [1.54, 1.807) is 0 Å². The van der Waals surface area contributed by atoms with Crippen molar-refractivity contribution in [1.29, 1.82) is 0 Å². The zero-order valence-electron chi connectivity index (χ0n) is 8.66. The molecule has 13 heavy (non-hydrogen) atoms. The Labute approximate surface area is 121 Å². The van der Waals surface area contributed by atoms with E-state index < -0.39 is 20.8 Å². The monoisotopic (exact) mass is 260 g/mol. The Morgan fingerprint density at radius 2 is 1.00 bits per heavy atom. The van der Waals surface area contributed by atoms with Gasteiger partial charge in [-0.25, -0.2) is 0 Å². The predicted molar refractivity (Wildman–Crippen MR) is 31.1 cm³/mol. The van der Waals surface area contributed by atoms with Gasteiger partial charge in [-0.15, -0.1) is 0 Å². The SMILES string of the molecule is O.O=S(=O)(O)OOS(=O)(=O)O.[H-].[H-].[Na+].[Na+]. The maximum Gasteiger partial charge on any atom is 1.00 e. The zero-order chi connectivity index (χ0) is 8.41. The van der Waals surface area contributed by atoms with Gasteiger partial charge in [-0.1, -0.05) is 8.67 Å². The van der Waals surface area contributed by atoms with Crippen molar-refractivity contribution < 1.29 is 102 Å². The van der Waals surface area contributed by atoms with Crippen LogP contribution in [-0.2, 0) is 29.5 Å². The summed E-state index contributed by atoms with van der Waals surface area (Å²) in [6.07, 6.45) is 0. The van der Waals surface area contributed by atoms with Crippen molar-refractivity contribution in [1.82, 2.24) is 0 Å². The minimum Gasteiger partial charge on any atom is -1.00 e. The third-order valence-corrected chi connectivity index (χ3v) is 0.766. The number of hydrogen-bond acceptors (Lipinski definition) is 6. The summed E-state index contributed by atoms with van der Waals surface area (Å²) in [5, 5.41) is 0. The molecular weight excluding hydrogens is 254 g/mol. The van der Waals surface area contributed by atoms with Crippen LogP contribution in [0, 0.1) is 0 Å². The fraction of sp³-hybridized carbons (Fsp3) is 0. The van der Waals surface area contributed by atoms with Crippen molar-refractivity contribution in [2.45, 2.75) is 0 Å². The summed E-state index contributed by atoms with van der Waals surface area (Å²) in [6, 6.07) is 0. The first-order chi connectivity index (χ1) is 4.21. The molecule has 0 aliphatic heterocycles. The first-order valence-corrected chi connectivity index (χ1v) is 4.26. The topological polar surface area (TPSA) is 159 Å². The predicted octanol–water partition coefficient (Wildman–Crippen LogP) is -8.05. The minimum absolute atomic E-state index is 0. The van der Waals surface area contributed by atoms with Gasteiger partial charge in [0.1, 0.15) is 0 Å². The molecule has 0 atom stereocenters. The normalized spacial score (nSPS) is 10.3. The van der Waals surface area contributed by atoms with E-state index in [2.05, 4.69) is 8.67 Å². The molecule has 74 valence electrons. The van der Waals surface area contributed by atoms with Gasteiger partial charge in [-0.3, -0.25) is 9.11 Å². The molecule has 0 radical (unpaired) electrons. The summed E-state index contributed by atoms with van der Waals surface area (Å²) in [4.78, 5) is 0. The van der Waals surface area contributed by atoms with Gasteiger partial charge < -0.3 is 8.33 Å². The summed E-state index contributed by atoms with van der Waals surface area (Å²) >= 11 is 0. The van der Waals surface area contributed by atoms with Crippen LogP contribution in [0.15, 0.2) is 0 Å². The van der Waals surface area contributed by atoms with Crippen molar-refractivity contribution in [3.8, 4) is 0 Å². The first kappa shape index (κ1) is 24.1. The van der Waals surface area contributed by atoms with Gasteiger partial charge in [0.15, 0.2) is 0 Å². The second-order valence-electron chi connectivity index (χ2n) is 0.992. The zero-order valence-corrected chi connectivity index (χ0v) is 12.3. The van der Waals surface area contributed by atoms with E-state index in [4.69, 9.17) is 9.11 Å². The van der Waals surface area contributed by atoms with Crippen LogP contribution in [0.3, 0.4) is 0 Å². The van der Waals surface area contributed by atoms with Crippen LogP contribution in [-0.4, -0.2) is 31.4 Å². The van der Waals surface area contributed by atoms with E-state index in [-0.39, 0.29) is 67.4 Å². The molecule has 0 aliphatic rings. The largest absolute Gasteiger partial charge is 1.00 e. The molecule has 13 heteroatoms. The summed E-state index contributed by atoms with van der Waals surface area (Å²) in [6.45, 7) is 0. The molecule has 0 bridgehead atoms. The average Bonchev–Trinajstić information content (AvgIpc) is 1.57. The molecule has 0 saturated carbocycles. The Balaban J connectivity index is -0.0000000405. The first-order valence-electron chi connectivity index (χ1n) is 1.53. The Morgan fingerprint density at radius 1 is 0.846 bits per heavy atom. The van der Waals surface area contributed by atoms with Crippen molar-refractivity contribution in [3.63, 3.8) is 0 Å². The van der Waals surface area contributed by atoms with E-state index in [1.165, 1.54) is 0 Å². The van der Waals surface area contributed by atoms with Crippen molar-refractivity contribution in [3.05, 3.63) is 0 Å². The van der Waals surface area contributed by atoms with Crippen molar-refractivity contribution in [2.75, 3.05) is 0 Å². The van der Waals surface area contributed by atoms with Gasteiger partial charge in [0.25, 0.3) is 0 Å². The molecule has 0 aromatic rings. The summed E-state index contributed by atoms with van der Waals surface area (Å²) in [5.41, 5.74) is 0. The van der Waals surface area contributed by atoms with E-state index >= 15 is 0 Å². The quantitative estimate of drug-likeness (QED) is 0.219. The minimum atomic E-state index is -5.02. The van der Waals surface area contributed by atoms with Crippen LogP contribution in [0.25, 0.3) is 0 Å². The van der Waals surface area contributed by atoms with E-state index in [0.717, 1.165) is 0 Å². The second-order valence-corrected chi connectivity index (χ2v) is 2.97. The molecule has 9 nitrogen and oxygen atoms in total. The van der Waals surface area contributed by atoms with Crippen LogP contribution < -0.4 is 59.1 Å². The van der Waals surface area contributed by atoms with Crippen molar-refractivity contribution in [2.24, 2.45) is 0 Å². The van der Waals surface area contributed by atoms with E-state index in [9.17, 15) is 16.8 Å². The fourth-order valence-electron chi connectivity index (χ4n) is 0.0702. The smallest absolute Gasteiger partial charge is 1.00 e. The molecule has 0 fully saturated rings. The molecule has 0 unspecified atom stereocenters. The molecule has 0 amide bonds. The molecule has 0 spiro atoms. The third kappa shape index (κ3) is 24.8. The molecular formula is H6Na2O9S2. The van der Waals surface area contributed by atoms with Gasteiger partial charge in [0, 0.05) is 0 Å². The van der Waals surface area contributed by atoms with Crippen LogP contribution >= 0.6 is 0 Å². The summed E-state index contributed by atoms with van der Waals surface area (Å²) in [7, 11) is -10.0. The molecule has 0 heterocycles. The molecule has 4 N–H and O–H groups in total. The molecule has 0 aliphatic carbocycles. The van der Waals surface area contributed by atoms with Gasteiger partial charge in [-0.05, 0) is 0 Å². The third-order valence-electron chi connectivity index (χ3n) is 0.200. The maximum absolute atomic E-state index is 9.51. The number of hydrogen-bond donors (Lipinski definition) is 2. The van der Waals surface area contributed by atoms with E-state index in [1.807, 2.05) is 0 Å². The Kier molecular flexibility index (Phi) is 16.6. The van der Waals surface area contributed by atoms with Crippen LogP contribution in [0.4, 0.5) is 0 Å². The summed E-state index contributed by atoms with van der Waals surface area (Å²) < 4.78 is 58.9. The second kappa shape index (κ2) is 8.96. The van der Waals surface area contributed by atoms with Gasteiger partial charge >= 0.3 is 79.9 Å². The Morgan fingerprint density at radius 3 is 1.08 bits per heavy atom.